The van der Waals surface area contributed by atoms with Crippen molar-refractivity contribution in [3.8, 4) is 12.1 Å². The summed E-state index contributed by atoms with van der Waals surface area (Å²) in [5.41, 5.74) is 0. The lowest BCUT2D eigenvalue weighted by Gasteiger charge is -1.82. The number of hydrogen-bond acceptors (Lipinski definition) is 3. The molecule has 0 heterocycles. The molecule has 0 saturated carbocycles. The molecule has 3 heteroatoms. The van der Waals surface area contributed by atoms with Crippen LogP contribution in [0.5, 0.6) is 0 Å². The van der Waals surface area contributed by atoms with Gasteiger partial charge in [-0.1, -0.05) is 6.92 Å². The van der Waals surface area contributed by atoms with Gasteiger partial charge >= 0.3 is 0 Å². The molecule has 0 aromatic rings. The van der Waals surface area contributed by atoms with Crippen molar-refractivity contribution in [2.24, 2.45) is 0 Å². The Hall–Kier alpha value is -1.06. The zero-order valence-corrected chi connectivity index (χ0v) is 6.42. The van der Waals surface area contributed by atoms with Crippen molar-refractivity contribution < 1.29 is 4.74 Å². The fourth-order valence-electron chi connectivity index (χ4n) is 0.148. The van der Waals surface area contributed by atoms with Crippen LogP contribution in [-0.2, 0) is 4.74 Å². The molecule has 0 aromatic carbocycles. The van der Waals surface area contributed by atoms with Crippen LogP contribution in [0.15, 0.2) is 0 Å². The van der Waals surface area contributed by atoms with Crippen molar-refractivity contribution in [3.63, 3.8) is 0 Å². The van der Waals surface area contributed by atoms with Crippen molar-refractivity contribution in [2.75, 3.05) is 13.7 Å². The Morgan fingerprint density at radius 1 is 1.30 bits per heavy atom. The third-order valence-corrected chi connectivity index (χ3v) is 0.576. The summed E-state index contributed by atoms with van der Waals surface area (Å²) in [4.78, 5) is 0. The van der Waals surface area contributed by atoms with E-state index in [0.717, 1.165) is 0 Å². The molecular formula is C7H12N2O. The van der Waals surface area contributed by atoms with Gasteiger partial charge in [0, 0.05) is 13.5 Å². The van der Waals surface area contributed by atoms with Crippen LogP contribution in [-0.4, -0.2) is 13.7 Å². The highest BCUT2D eigenvalue weighted by Gasteiger charge is 1.73. The van der Waals surface area contributed by atoms with Crippen LogP contribution < -0.4 is 0 Å². The van der Waals surface area contributed by atoms with Gasteiger partial charge in [0.1, 0.15) is 0 Å². The van der Waals surface area contributed by atoms with E-state index in [-0.39, 0.29) is 0 Å². The molecule has 0 aromatic heterocycles. The zero-order valence-electron chi connectivity index (χ0n) is 6.42. The molecule has 10 heavy (non-hydrogen) atoms. The minimum Gasteiger partial charge on any atom is -0.384 e. The SMILES string of the molecule is CCC#N.COCCC#N. The molecule has 0 fully saturated rings. The largest absolute Gasteiger partial charge is 0.384 e. The normalized spacial score (nSPS) is 6.40. The van der Waals surface area contributed by atoms with E-state index in [4.69, 9.17) is 10.5 Å². The molecule has 0 bridgehead atoms. The Labute approximate surface area is 61.8 Å². The Kier molecular flexibility index (Phi) is 18.3. The molecule has 0 atom stereocenters. The number of ether oxygens (including phenoxy) is 1. The highest BCUT2D eigenvalue weighted by molar-refractivity contribution is 4.66. The highest BCUT2D eigenvalue weighted by atomic mass is 16.5. The highest BCUT2D eigenvalue weighted by Crippen LogP contribution is 1.71. The van der Waals surface area contributed by atoms with Gasteiger partial charge in [0.05, 0.1) is 25.2 Å². The van der Waals surface area contributed by atoms with Crippen LogP contribution in [0.3, 0.4) is 0 Å². The van der Waals surface area contributed by atoms with Gasteiger partial charge in [0.15, 0.2) is 0 Å². The molecule has 0 spiro atoms. The predicted molar refractivity (Wildman–Crippen MR) is 38.0 cm³/mol. The fraction of sp³-hybridized carbons (Fsp3) is 0.714. The lowest BCUT2D eigenvalue weighted by atomic mass is 10.5. The average molecular weight is 140 g/mol. The Morgan fingerprint density at radius 3 is 1.90 bits per heavy atom. The van der Waals surface area contributed by atoms with Crippen molar-refractivity contribution in [1.29, 1.82) is 10.5 Å². The molecule has 0 aliphatic carbocycles. The standard InChI is InChI=1S/C4H7NO.C3H5N/c1-6-4-2-3-5;1-2-3-4/h2,4H2,1H3;2H2,1H3. The minimum absolute atomic E-state index is 0.497. The first-order chi connectivity index (χ1) is 4.83. The van der Waals surface area contributed by atoms with Crippen LogP contribution in [0.25, 0.3) is 0 Å². The smallest absolute Gasteiger partial charge is 0.0645 e. The van der Waals surface area contributed by atoms with Gasteiger partial charge in [-0.15, -0.1) is 0 Å². The van der Waals surface area contributed by atoms with E-state index in [1.165, 1.54) is 0 Å². The maximum Gasteiger partial charge on any atom is 0.0645 e. The first-order valence-electron chi connectivity index (χ1n) is 3.06. The molecule has 0 radical (unpaired) electrons. The van der Waals surface area contributed by atoms with Crippen LogP contribution in [0, 0.1) is 22.7 Å². The van der Waals surface area contributed by atoms with Crippen LogP contribution >= 0.6 is 0 Å². The molecule has 56 valence electrons. The van der Waals surface area contributed by atoms with Gasteiger partial charge in [-0.25, -0.2) is 0 Å². The van der Waals surface area contributed by atoms with Crippen molar-refractivity contribution >= 4 is 0 Å². The molecule has 0 N–H and O–H groups in total. The molecule has 0 aliphatic rings. The van der Waals surface area contributed by atoms with Gasteiger partial charge in [0.2, 0.25) is 0 Å². The van der Waals surface area contributed by atoms with Gasteiger partial charge in [-0.2, -0.15) is 10.5 Å². The molecule has 0 amide bonds. The number of methoxy groups -OCH3 is 1. The van der Waals surface area contributed by atoms with Gasteiger partial charge < -0.3 is 4.74 Å². The minimum atomic E-state index is 0.497. The van der Waals surface area contributed by atoms with E-state index < -0.39 is 0 Å². The number of hydrogen-bond donors (Lipinski definition) is 0. The Morgan fingerprint density at radius 2 is 1.80 bits per heavy atom. The van der Waals surface area contributed by atoms with Crippen molar-refractivity contribution in [3.05, 3.63) is 0 Å². The van der Waals surface area contributed by atoms with Gasteiger partial charge in [-0.05, 0) is 0 Å². The van der Waals surface area contributed by atoms with E-state index in [1.54, 1.807) is 7.11 Å². The third kappa shape index (κ3) is 28.3. The van der Waals surface area contributed by atoms with Gasteiger partial charge in [-0.3, -0.25) is 0 Å². The maximum absolute atomic E-state index is 7.87. The quantitative estimate of drug-likeness (QED) is 0.545. The molecule has 0 unspecified atom stereocenters. The second kappa shape index (κ2) is 15.7. The first kappa shape index (κ1) is 11.7. The fourth-order valence-corrected chi connectivity index (χ4v) is 0.148. The number of rotatable bonds is 2. The van der Waals surface area contributed by atoms with Crippen LogP contribution in [0.1, 0.15) is 19.8 Å². The van der Waals surface area contributed by atoms with Crippen molar-refractivity contribution in [2.45, 2.75) is 19.8 Å². The maximum atomic E-state index is 7.87. The van der Waals surface area contributed by atoms with Crippen LogP contribution in [0.4, 0.5) is 0 Å². The lowest BCUT2D eigenvalue weighted by molar-refractivity contribution is 0.205. The van der Waals surface area contributed by atoms with Gasteiger partial charge in [0.25, 0.3) is 0 Å². The van der Waals surface area contributed by atoms with E-state index in [2.05, 4.69) is 4.74 Å². The summed E-state index contributed by atoms with van der Waals surface area (Å²) in [5.74, 6) is 0. The van der Waals surface area contributed by atoms with E-state index >= 15 is 0 Å². The predicted octanol–water partition coefficient (Wildman–Crippen LogP) is 1.47. The molecule has 3 nitrogen and oxygen atoms in total. The molecule has 0 rings (SSSR count). The topological polar surface area (TPSA) is 56.8 Å². The summed E-state index contributed by atoms with van der Waals surface area (Å²) in [6, 6.07) is 3.87. The molecule has 0 aliphatic heterocycles. The molecule has 0 saturated heterocycles. The second-order valence-electron chi connectivity index (χ2n) is 1.41. The lowest BCUT2D eigenvalue weighted by Crippen LogP contribution is -1.82. The van der Waals surface area contributed by atoms with Crippen molar-refractivity contribution in [1.82, 2.24) is 0 Å². The molecular weight excluding hydrogens is 128 g/mol. The average Bonchev–Trinajstić information content (AvgIpc) is 2.01. The summed E-state index contributed by atoms with van der Waals surface area (Å²) < 4.78 is 4.56. The summed E-state index contributed by atoms with van der Waals surface area (Å²) in [7, 11) is 1.58. The monoisotopic (exact) mass is 140 g/mol. The summed E-state index contributed by atoms with van der Waals surface area (Å²) in [6.45, 7) is 2.37. The van der Waals surface area contributed by atoms with Crippen LogP contribution in [0.2, 0.25) is 0 Å². The number of nitrogens with zero attached hydrogens (tertiary/aromatic N) is 2. The van der Waals surface area contributed by atoms with E-state index in [0.29, 0.717) is 19.4 Å². The van der Waals surface area contributed by atoms with E-state index in [1.807, 2.05) is 19.1 Å². The third-order valence-electron chi connectivity index (χ3n) is 0.576. The first-order valence-corrected chi connectivity index (χ1v) is 3.06. The van der Waals surface area contributed by atoms with E-state index in [9.17, 15) is 0 Å². The summed E-state index contributed by atoms with van der Waals surface area (Å²) >= 11 is 0. The Bertz CT molecular complexity index is 121. The zero-order chi connectivity index (χ0) is 8.24. The number of nitriles is 2. The second-order valence-corrected chi connectivity index (χ2v) is 1.41. The summed E-state index contributed by atoms with van der Waals surface area (Å²) in [5, 5.41) is 15.5. The summed E-state index contributed by atoms with van der Waals surface area (Å²) in [6.07, 6.45) is 1.12. The Balaban J connectivity index is 0.